The van der Waals surface area contributed by atoms with Crippen LogP contribution < -0.4 is 4.90 Å². The van der Waals surface area contributed by atoms with Crippen LogP contribution in [0.25, 0.3) is 66.4 Å². The van der Waals surface area contributed by atoms with Gasteiger partial charge < -0.3 is 9.32 Å². The van der Waals surface area contributed by atoms with Crippen molar-refractivity contribution < 1.29 is 4.42 Å². The summed E-state index contributed by atoms with van der Waals surface area (Å²) in [6, 6.07) is 64.4. The van der Waals surface area contributed by atoms with Gasteiger partial charge in [0.1, 0.15) is 11.2 Å². The molecular formula is C54H41NO. The van der Waals surface area contributed by atoms with Crippen molar-refractivity contribution in [1.29, 1.82) is 0 Å². The fourth-order valence-corrected chi connectivity index (χ4v) is 9.81. The molecule has 0 spiro atoms. The molecule has 268 valence electrons. The first-order valence-electron chi connectivity index (χ1n) is 19.7. The fraction of sp³-hybridized carbons (Fsp3) is 0.111. The zero-order chi connectivity index (χ0) is 37.8. The Morgan fingerprint density at radius 2 is 0.946 bits per heavy atom. The Morgan fingerprint density at radius 3 is 1.68 bits per heavy atom. The summed E-state index contributed by atoms with van der Waals surface area (Å²) >= 11 is 0. The zero-order valence-corrected chi connectivity index (χ0v) is 32.1. The maximum Gasteiger partial charge on any atom is 0.143 e. The van der Waals surface area contributed by atoms with Crippen molar-refractivity contribution in [3.05, 3.63) is 198 Å². The fourth-order valence-electron chi connectivity index (χ4n) is 9.81. The highest BCUT2D eigenvalue weighted by molar-refractivity contribution is 6.16. The number of hydrogen-bond acceptors (Lipinski definition) is 2. The Hall–Kier alpha value is -6.64. The molecule has 0 aliphatic heterocycles. The largest absolute Gasteiger partial charge is 0.455 e. The monoisotopic (exact) mass is 719 g/mol. The van der Waals surface area contributed by atoms with E-state index in [9.17, 15) is 0 Å². The van der Waals surface area contributed by atoms with Crippen LogP contribution in [0.3, 0.4) is 0 Å². The molecule has 0 saturated heterocycles. The van der Waals surface area contributed by atoms with Crippen LogP contribution in [0.5, 0.6) is 0 Å². The average Bonchev–Trinajstić information content (AvgIpc) is 3.82. The first-order valence-corrected chi connectivity index (χ1v) is 19.7. The van der Waals surface area contributed by atoms with Gasteiger partial charge in [0, 0.05) is 44.2 Å². The molecule has 9 aromatic rings. The molecule has 2 heteroatoms. The van der Waals surface area contributed by atoms with Gasteiger partial charge >= 0.3 is 0 Å². The Balaban J connectivity index is 1.04. The first kappa shape index (κ1) is 32.8. The van der Waals surface area contributed by atoms with Crippen molar-refractivity contribution in [1.82, 2.24) is 0 Å². The van der Waals surface area contributed by atoms with Gasteiger partial charge in [0.05, 0.1) is 0 Å². The molecule has 8 aromatic carbocycles. The molecule has 0 radical (unpaired) electrons. The summed E-state index contributed by atoms with van der Waals surface area (Å²) in [5.41, 5.74) is 20.4. The van der Waals surface area contributed by atoms with Gasteiger partial charge in [-0.3, -0.25) is 0 Å². The van der Waals surface area contributed by atoms with Gasteiger partial charge in [-0.05, 0) is 104 Å². The Kier molecular flexibility index (Phi) is 6.98. The van der Waals surface area contributed by atoms with Crippen LogP contribution >= 0.6 is 0 Å². The third-order valence-corrected chi connectivity index (χ3v) is 12.7. The van der Waals surface area contributed by atoms with Crippen molar-refractivity contribution in [3.8, 4) is 44.5 Å². The molecule has 1 heterocycles. The van der Waals surface area contributed by atoms with Crippen LogP contribution in [0.1, 0.15) is 49.9 Å². The van der Waals surface area contributed by atoms with Crippen molar-refractivity contribution in [2.45, 2.75) is 38.5 Å². The Morgan fingerprint density at radius 1 is 0.393 bits per heavy atom. The van der Waals surface area contributed by atoms with Crippen LogP contribution in [0.4, 0.5) is 17.1 Å². The number of benzene rings is 8. The second kappa shape index (κ2) is 11.9. The lowest BCUT2D eigenvalue weighted by Crippen LogP contribution is -2.16. The minimum Gasteiger partial charge on any atom is -0.455 e. The standard InChI is InChI=1S/C54H41NO/c1-53(2)46-19-11-9-16-43(46)51-47(53)32-31-44-50-40(17-12-20-49(50)56-52(44)51)36-23-27-38(28-24-36)55(37-25-21-35(22-26-37)34-13-6-5-7-14-34)39-29-30-42-41-15-8-10-18-45(41)54(3,4)48(42)33-39/h5-33H,1-4H3. The smallest absolute Gasteiger partial charge is 0.143 e. The van der Waals surface area contributed by atoms with Crippen molar-refractivity contribution in [2.24, 2.45) is 0 Å². The van der Waals surface area contributed by atoms with Crippen LogP contribution in [0, 0.1) is 0 Å². The van der Waals surface area contributed by atoms with Gasteiger partial charge in [0.15, 0.2) is 0 Å². The van der Waals surface area contributed by atoms with E-state index >= 15 is 0 Å². The van der Waals surface area contributed by atoms with Crippen LogP contribution in [0.15, 0.2) is 180 Å². The van der Waals surface area contributed by atoms with E-state index in [0.717, 1.165) is 44.6 Å². The topological polar surface area (TPSA) is 16.4 Å². The lowest BCUT2D eigenvalue weighted by molar-refractivity contribution is 0.653. The van der Waals surface area contributed by atoms with Gasteiger partial charge in [0.2, 0.25) is 0 Å². The third-order valence-electron chi connectivity index (χ3n) is 12.7. The normalized spacial score (nSPS) is 14.4. The van der Waals surface area contributed by atoms with E-state index in [2.05, 4.69) is 209 Å². The Labute approximate surface area is 328 Å². The van der Waals surface area contributed by atoms with E-state index in [1.807, 2.05) is 0 Å². The number of furan rings is 1. The van der Waals surface area contributed by atoms with Gasteiger partial charge in [-0.25, -0.2) is 0 Å². The minimum absolute atomic E-state index is 0.0793. The van der Waals surface area contributed by atoms with Crippen molar-refractivity contribution in [2.75, 3.05) is 4.90 Å². The quantitative estimate of drug-likeness (QED) is 0.176. The van der Waals surface area contributed by atoms with E-state index in [0.29, 0.717) is 0 Å². The zero-order valence-electron chi connectivity index (χ0n) is 32.1. The van der Waals surface area contributed by atoms with E-state index in [4.69, 9.17) is 4.42 Å². The predicted octanol–water partition coefficient (Wildman–Crippen LogP) is 15.0. The summed E-state index contributed by atoms with van der Waals surface area (Å²) in [4.78, 5) is 2.40. The lowest BCUT2D eigenvalue weighted by atomic mass is 9.82. The van der Waals surface area contributed by atoms with Gasteiger partial charge in [0.25, 0.3) is 0 Å². The van der Waals surface area contributed by atoms with Crippen LogP contribution in [-0.2, 0) is 10.8 Å². The Bertz CT molecular complexity index is 3000. The van der Waals surface area contributed by atoms with E-state index < -0.39 is 0 Å². The van der Waals surface area contributed by atoms with E-state index in [1.54, 1.807) is 0 Å². The molecule has 0 N–H and O–H groups in total. The predicted molar refractivity (Wildman–Crippen MR) is 234 cm³/mol. The molecule has 0 atom stereocenters. The second-order valence-electron chi connectivity index (χ2n) is 16.5. The summed E-state index contributed by atoms with van der Waals surface area (Å²) in [6.45, 7) is 9.35. The maximum atomic E-state index is 6.80. The molecule has 2 aliphatic rings. The highest BCUT2D eigenvalue weighted by Gasteiger charge is 2.38. The summed E-state index contributed by atoms with van der Waals surface area (Å²) < 4.78 is 6.80. The molecule has 0 unspecified atom stereocenters. The first-order chi connectivity index (χ1) is 27.3. The number of nitrogens with zero attached hydrogens (tertiary/aromatic N) is 1. The maximum absolute atomic E-state index is 6.80. The lowest BCUT2D eigenvalue weighted by Gasteiger charge is -2.28. The summed E-state index contributed by atoms with van der Waals surface area (Å²) in [6.07, 6.45) is 0. The summed E-state index contributed by atoms with van der Waals surface area (Å²) in [5.74, 6) is 0. The molecule has 0 saturated carbocycles. The molecule has 2 aliphatic carbocycles. The molecule has 1 aromatic heterocycles. The summed E-state index contributed by atoms with van der Waals surface area (Å²) in [7, 11) is 0. The van der Waals surface area contributed by atoms with Gasteiger partial charge in [-0.2, -0.15) is 0 Å². The van der Waals surface area contributed by atoms with E-state index in [-0.39, 0.29) is 10.8 Å². The highest BCUT2D eigenvalue weighted by Crippen LogP contribution is 2.54. The number of rotatable bonds is 5. The minimum atomic E-state index is -0.0986. The average molecular weight is 720 g/mol. The summed E-state index contributed by atoms with van der Waals surface area (Å²) in [5, 5.41) is 2.32. The van der Waals surface area contributed by atoms with Gasteiger partial charge in [-0.15, -0.1) is 0 Å². The van der Waals surface area contributed by atoms with Gasteiger partial charge in [-0.1, -0.05) is 161 Å². The van der Waals surface area contributed by atoms with Crippen molar-refractivity contribution in [3.63, 3.8) is 0 Å². The number of anilines is 3. The number of hydrogen-bond donors (Lipinski definition) is 0. The number of fused-ring (bicyclic) bond motifs is 10. The molecule has 0 fully saturated rings. The van der Waals surface area contributed by atoms with Crippen LogP contribution in [-0.4, -0.2) is 0 Å². The van der Waals surface area contributed by atoms with E-state index in [1.165, 1.54) is 61.2 Å². The molecule has 0 bridgehead atoms. The highest BCUT2D eigenvalue weighted by atomic mass is 16.3. The second-order valence-corrected chi connectivity index (χ2v) is 16.5. The third kappa shape index (κ3) is 4.69. The molecule has 0 amide bonds. The molecule has 56 heavy (non-hydrogen) atoms. The SMILES string of the molecule is CC1(C)c2ccccc2-c2ccc(N(c3ccc(-c4ccccc4)cc3)c3ccc(-c4cccc5oc6c7c(ccc6c45)C(C)(C)c4ccccc4-7)cc3)cc21. The molecule has 11 rings (SSSR count). The molecular weight excluding hydrogens is 679 g/mol. The van der Waals surface area contributed by atoms with Crippen molar-refractivity contribution >= 4 is 39.0 Å². The van der Waals surface area contributed by atoms with Crippen LogP contribution in [0.2, 0.25) is 0 Å². The molecule has 2 nitrogen and oxygen atoms in total.